The van der Waals surface area contributed by atoms with Crippen LogP contribution in [-0.2, 0) is 13.0 Å². The smallest absolute Gasteiger partial charge is 0.251 e. The quantitative estimate of drug-likeness (QED) is 0.478. The molecule has 5 heteroatoms. The van der Waals surface area contributed by atoms with Crippen molar-refractivity contribution in [1.29, 1.82) is 0 Å². The number of amides is 1. The molecule has 1 heterocycles. The predicted octanol–water partition coefficient (Wildman–Crippen LogP) is 4.40. The molecule has 0 bridgehead atoms. The first-order valence-corrected chi connectivity index (χ1v) is 10.2. The van der Waals surface area contributed by atoms with Crippen molar-refractivity contribution in [2.45, 2.75) is 19.9 Å². The van der Waals surface area contributed by atoms with Gasteiger partial charge in [-0.15, -0.1) is 0 Å². The molecule has 30 heavy (non-hydrogen) atoms. The van der Waals surface area contributed by atoms with Crippen LogP contribution in [-0.4, -0.2) is 28.6 Å². The Bertz CT molecular complexity index is 1140. The van der Waals surface area contributed by atoms with Crippen LogP contribution in [0.5, 0.6) is 5.75 Å². The van der Waals surface area contributed by atoms with Crippen LogP contribution in [0.15, 0.2) is 78.9 Å². The van der Waals surface area contributed by atoms with Crippen LogP contribution >= 0.6 is 0 Å². The largest absolute Gasteiger partial charge is 0.492 e. The zero-order valence-corrected chi connectivity index (χ0v) is 17.0. The monoisotopic (exact) mass is 399 g/mol. The van der Waals surface area contributed by atoms with Gasteiger partial charge in [0.15, 0.2) is 0 Å². The van der Waals surface area contributed by atoms with Crippen LogP contribution in [0.2, 0.25) is 0 Å². The van der Waals surface area contributed by atoms with Gasteiger partial charge < -0.3 is 14.6 Å². The molecule has 0 saturated carbocycles. The van der Waals surface area contributed by atoms with E-state index in [1.165, 1.54) is 0 Å². The maximum absolute atomic E-state index is 12.4. The van der Waals surface area contributed by atoms with Gasteiger partial charge in [0.25, 0.3) is 5.91 Å². The van der Waals surface area contributed by atoms with Crippen LogP contribution in [0, 0.1) is 6.92 Å². The number of fused-ring (bicyclic) bond motifs is 1. The number of rotatable bonds is 8. The minimum absolute atomic E-state index is 0.0613. The van der Waals surface area contributed by atoms with Gasteiger partial charge in [-0.05, 0) is 43.3 Å². The number of carbonyl (C=O) groups excluding carboxylic acids is 1. The van der Waals surface area contributed by atoms with E-state index in [2.05, 4.69) is 16.0 Å². The number of para-hydroxylation sites is 3. The van der Waals surface area contributed by atoms with Gasteiger partial charge in [0.05, 0.1) is 17.6 Å². The van der Waals surface area contributed by atoms with Crippen molar-refractivity contribution in [2.24, 2.45) is 0 Å². The summed E-state index contributed by atoms with van der Waals surface area (Å²) in [4.78, 5) is 17.2. The van der Waals surface area contributed by atoms with Gasteiger partial charge in [0.2, 0.25) is 0 Å². The van der Waals surface area contributed by atoms with Gasteiger partial charge in [-0.25, -0.2) is 4.98 Å². The Labute approximate surface area is 176 Å². The number of hydrogen-bond donors (Lipinski definition) is 1. The number of nitrogens with one attached hydrogen (secondary N) is 1. The van der Waals surface area contributed by atoms with Crippen LogP contribution in [0.1, 0.15) is 21.7 Å². The third kappa shape index (κ3) is 4.69. The van der Waals surface area contributed by atoms with Crippen molar-refractivity contribution in [3.63, 3.8) is 0 Å². The summed E-state index contributed by atoms with van der Waals surface area (Å²) < 4.78 is 8.05. The lowest BCUT2D eigenvalue weighted by Gasteiger charge is -2.11. The second-order valence-electron chi connectivity index (χ2n) is 7.21. The van der Waals surface area contributed by atoms with Crippen molar-refractivity contribution < 1.29 is 9.53 Å². The zero-order chi connectivity index (χ0) is 20.8. The summed E-state index contributed by atoms with van der Waals surface area (Å²) in [6, 6.07) is 25.5. The topological polar surface area (TPSA) is 56.2 Å². The molecule has 4 aromatic rings. The first-order valence-electron chi connectivity index (χ1n) is 10.2. The molecule has 152 valence electrons. The maximum Gasteiger partial charge on any atom is 0.251 e. The lowest BCUT2D eigenvalue weighted by atomic mass is 10.1. The average molecular weight is 399 g/mol. The molecule has 0 unspecified atom stereocenters. The Morgan fingerprint density at radius 1 is 1.00 bits per heavy atom. The average Bonchev–Trinajstić information content (AvgIpc) is 3.12. The first-order chi connectivity index (χ1) is 14.7. The summed E-state index contributed by atoms with van der Waals surface area (Å²) >= 11 is 0. The minimum Gasteiger partial charge on any atom is -0.492 e. The van der Waals surface area contributed by atoms with E-state index < -0.39 is 0 Å². The summed E-state index contributed by atoms with van der Waals surface area (Å²) in [5, 5.41) is 3.00. The maximum atomic E-state index is 12.4. The molecule has 0 aliphatic heterocycles. The fraction of sp³-hybridized carbons (Fsp3) is 0.200. The second-order valence-corrected chi connectivity index (χ2v) is 7.21. The lowest BCUT2D eigenvalue weighted by molar-refractivity contribution is 0.0953. The van der Waals surface area contributed by atoms with Gasteiger partial charge in [0, 0.05) is 18.5 Å². The van der Waals surface area contributed by atoms with E-state index in [0.29, 0.717) is 31.7 Å². The number of nitrogens with zero attached hydrogens (tertiary/aromatic N) is 2. The number of benzene rings is 3. The summed E-state index contributed by atoms with van der Waals surface area (Å²) in [6.45, 7) is 3.75. The number of aromatic nitrogens is 2. The predicted molar refractivity (Wildman–Crippen MR) is 119 cm³/mol. The molecule has 3 aromatic carbocycles. The molecular weight excluding hydrogens is 374 g/mol. The highest BCUT2D eigenvalue weighted by Gasteiger charge is 2.11. The molecule has 0 atom stereocenters. The molecule has 4 rings (SSSR count). The molecule has 0 aliphatic carbocycles. The Balaban J connectivity index is 1.42. The minimum atomic E-state index is -0.0613. The Morgan fingerprint density at radius 2 is 1.80 bits per heavy atom. The molecule has 0 radical (unpaired) electrons. The highest BCUT2D eigenvalue weighted by molar-refractivity contribution is 5.94. The van der Waals surface area contributed by atoms with Crippen LogP contribution < -0.4 is 10.1 Å². The first kappa shape index (κ1) is 19.7. The van der Waals surface area contributed by atoms with E-state index in [9.17, 15) is 4.79 Å². The normalized spacial score (nSPS) is 10.8. The van der Waals surface area contributed by atoms with Crippen molar-refractivity contribution in [3.05, 3.63) is 95.8 Å². The number of ether oxygens (including phenoxy) is 1. The van der Waals surface area contributed by atoms with Crippen molar-refractivity contribution >= 4 is 16.9 Å². The van der Waals surface area contributed by atoms with E-state index in [0.717, 1.165) is 28.2 Å². The molecule has 5 nitrogen and oxygen atoms in total. The standard InChI is InChI=1S/C25H25N3O2/c1-19-8-7-9-20(18-19)25(29)26-15-14-24-27-22-12-5-6-13-23(22)28(24)16-17-30-21-10-3-2-4-11-21/h2-13,18H,14-17H2,1H3,(H,26,29). The molecule has 1 N–H and O–H groups in total. The molecule has 1 amide bonds. The highest BCUT2D eigenvalue weighted by Crippen LogP contribution is 2.17. The Kier molecular flexibility index (Phi) is 6.09. The van der Waals surface area contributed by atoms with Gasteiger partial charge in [0.1, 0.15) is 18.2 Å². The summed E-state index contributed by atoms with van der Waals surface area (Å²) in [5.41, 5.74) is 3.79. The van der Waals surface area contributed by atoms with Crippen LogP contribution in [0.4, 0.5) is 0 Å². The van der Waals surface area contributed by atoms with E-state index >= 15 is 0 Å². The molecule has 0 aliphatic rings. The van der Waals surface area contributed by atoms with Gasteiger partial charge >= 0.3 is 0 Å². The SMILES string of the molecule is Cc1cccc(C(=O)NCCc2nc3ccccc3n2CCOc2ccccc2)c1. The van der Waals surface area contributed by atoms with Crippen molar-refractivity contribution in [3.8, 4) is 5.75 Å². The summed E-state index contributed by atoms with van der Waals surface area (Å²) in [5.74, 6) is 1.74. The summed E-state index contributed by atoms with van der Waals surface area (Å²) in [6.07, 6.45) is 0.650. The number of imidazole rings is 1. The van der Waals surface area contributed by atoms with Crippen molar-refractivity contribution in [1.82, 2.24) is 14.9 Å². The van der Waals surface area contributed by atoms with Crippen LogP contribution in [0.3, 0.4) is 0 Å². The molecular formula is C25H25N3O2. The van der Waals surface area contributed by atoms with Gasteiger partial charge in [-0.2, -0.15) is 0 Å². The highest BCUT2D eigenvalue weighted by atomic mass is 16.5. The van der Waals surface area contributed by atoms with E-state index in [4.69, 9.17) is 9.72 Å². The molecule has 0 saturated heterocycles. The Hall–Kier alpha value is -3.60. The Morgan fingerprint density at radius 3 is 2.63 bits per heavy atom. The fourth-order valence-electron chi connectivity index (χ4n) is 3.51. The number of carbonyl (C=O) groups is 1. The molecule has 0 spiro atoms. The summed E-state index contributed by atoms with van der Waals surface area (Å²) in [7, 11) is 0. The third-order valence-electron chi connectivity index (χ3n) is 4.97. The van der Waals surface area contributed by atoms with Crippen molar-refractivity contribution in [2.75, 3.05) is 13.2 Å². The van der Waals surface area contributed by atoms with E-state index in [1.807, 2.05) is 79.7 Å². The lowest BCUT2D eigenvalue weighted by Crippen LogP contribution is -2.26. The van der Waals surface area contributed by atoms with Gasteiger partial charge in [-0.1, -0.05) is 48.0 Å². The van der Waals surface area contributed by atoms with Gasteiger partial charge in [-0.3, -0.25) is 4.79 Å². The third-order valence-corrected chi connectivity index (χ3v) is 4.97. The molecule has 1 aromatic heterocycles. The van der Waals surface area contributed by atoms with E-state index in [-0.39, 0.29) is 5.91 Å². The van der Waals surface area contributed by atoms with Crippen LogP contribution in [0.25, 0.3) is 11.0 Å². The fourth-order valence-corrected chi connectivity index (χ4v) is 3.51. The molecule has 0 fully saturated rings. The number of aryl methyl sites for hydroxylation is 1. The second kappa shape index (κ2) is 9.27. The zero-order valence-electron chi connectivity index (χ0n) is 17.0. The van der Waals surface area contributed by atoms with E-state index in [1.54, 1.807) is 0 Å². The number of hydrogen-bond acceptors (Lipinski definition) is 3.